The van der Waals surface area contributed by atoms with Crippen molar-refractivity contribution in [1.82, 2.24) is 0 Å². The largest absolute Gasteiger partial charge is 0.490 e. The number of ether oxygens (including phenoxy) is 1. The van der Waals surface area contributed by atoms with Gasteiger partial charge in [0, 0.05) is 12.5 Å². The van der Waals surface area contributed by atoms with E-state index in [1.165, 1.54) is 30.4 Å². The van der Waals surface area contributed by atoms with Crippen molar-refractivity contribution in [3.63, 3.8) is 0 Å². The SMILES string of the molecule is CCCCCC(N)c1ccc2c(c1)CC(C)O2. The summed E-state index contributed by atoms with van der Waals surface area (Å²) in [5.74, 6) is 1.04. The third-order valence-electron chi connectivity index (χ3n) is 3.47. The molecule has 1 aliphatic rings. The van der Waals surface area contributed by atoms with Gasteiger partial charge < -0.3 is 10.5 Å². The number of benzene rings is 1. The van der Waals surface area contributed by atoms with E-state index in [0.717, 1.165) is 18.6 Å². The van der Waals surface area contributed by atoms with Crippen LogP contribution in [0.3, 0.4) is 0 Å². The van der Waals surface area contributed by atoms with Crippen molar-refractivity contribution in [1.29, 1.82) is 0 Å². The van der Waals surface area contributed by atoms with E-state index < -0.39 is 0 Å². The van der Waals surface area contributed by atoms with Crippen LogP contribution < -0.4 is 10.5 Å². The minimum atomic E-state index is 0.183. The van der Waals surface area contributed by atoms with Gasteiger partial charge in [0.25, 0.3) is 0 Å². The van der Waals surface area contributed by atoms with Crippen molar-refractivity contribution < 1.29 is 4.74 Å². The van der Waals surface area contributed by atoms with E-state index in [2.05, 4.69) is 32.0 Å². The molecule has 0 bridgehead atoms. The Morgan fingerprint density at radius 3 is 3.00 bits per heavy atom. The standard InChI is InChI=1S/C15H23NO/c1-3-4-5-6-14(16)12-7-8-15-13(10-12)9-11(2)17-15/h7-8,10-11,14H,3-6,9,16H2,1-2H3. The normalized spacial score (nSPS) is 19.8. The predicted molar refractivity (Wildman–Crippen MR) is 71.3 cm³/mol. The highest BCUT2D eigenvalue weighted by atomic mass is 16.5. The van der Waals surface area contributed by atoms with Gasteiger partial charge in [-0.3, -0.25) is 0 Å². The summed E-state index contributed by atoms with van der Waals surface area (Å²) in [6, 6.07) is 6.61. The first-order chi connectivity index (χ1) is 8.20. The molecule has 1 aliphatic heterocycles. The van der Waals surface area contributed by atoms with Gasteiger partial charge in [-0.25, -0.2) is 0 Å². The summed E-state index contributed by atoms with van der Waals surface area (Å²) in [5, 5.41) is 0. The van der Waals surface area contributed by atoms with Gasteiger partial charge in [0.15, 0.2) is 0 Å². The van der Waals surface area contributed by atoms with Gasteiger partial charge in [-0.2, -0.15) is 0 Å². The van der Waals surface area contributed by atoms with Crippen LogP contribution in [-0.2, 0) is 6.42 Å². The second-order valence-electron chi connectivity index (χ2n) is 5.10. The molecule has 2 N–H and O–H groups in total. The molecule has 0 spiro atoms. The van der Waals surface area contributed by atoms with Gasteiger partial charge in [0.05, 0.1) is 0 Å². The molecule has 2 atom stereocenters. The van der Waals surface area contributed by atoms with Crippen LogP contribution in [0.4, 0.5) is 0 Å². The van der Waals surface area contributed by atoms with E-state index >= 15 is 0 Å². The first-order valence-electron chi connectivity index (χ1n) is 6.75. The Labute approximate surface area is 104 Å². The molecule has 1 heterocycles. The molecule has 2 unspecified atom stereocenters. The predicted octanol–water partition coefficient (Wildman–Crippen LogP) is 3.59. The molecular weight excluding hydrogens is 210 g/mol. The highest BCUT2D eigenvalue weighted by Crippen LogP contribution is 2.31. The molecule has 17 heavy (non-hydrogen) atoms. The van der Waals surface area contributed by atoms with Crippen LogP contribution >= 0.6 is 0 Å². The van der Waals surface area contributed by atoms with Gasteiger partial charge in [-0.05, 0) is 30.5 Å². The number of unbranched alkanes of at least 4 members (excludes halogenated alkanes) is 2. The molecule has 2 rings (SSSR count). The molecule has 1 aromatic carbocycles. The number of fused-ring (bicyclic) bond motifs is 1. The van der Waals surface area contributed by atoms with Gasteiger partial charge in [-0.15, -0.1) is 0 Å². The van der Waals surface area contributed by atoms with E-state index in [0.29, 0.717) is 6.10 Å². The first kappa shape index (κ1) is 12.4. The third-order valence-corrected chi connectivity index (χ3v) is 3.47. The third kappa shape index (κ3) is 3.01. The lowest BCUT2D eigenvalue weighted by molar-refractivity contribution is 0.254. The molecule has 0 amide bonds. The molecule has 2 heteroatoms. The zero-order valence-electron chi connectivity index (χ0n) is 10.9. The van der Waals surface area contributed by atoms with E-state index in [9.17, 15) is 0 Å². The van der Waals surface area contributed by atoms with Crippen LogP contribution in [0.15, 0.2) is 18.2 Å². The van der Waals surface area contributed by atoms with Crippen molar-refractivity contribution in [2.45, 2.75) is 58.1 Å². The Kier molecular flexibility index (Phi) is 4.06. The highest BCUT2D eigenvalue weighted by Gasteiger charge is 2.19. The fraction of sp³-hybridized carbons (Fsp3) is 0.600. The molecule has 0 aromatic heterocycles. The van der Waals surface area contributed by atoms with Crippen LogP contribution in [-0.4, -0.2) is 6.10 Å². The van der Waals surface area contributed by atoms with Crippen LogP contribution in [0.5, 0.6) is 5.75 Å². The molecule has 94 valence electrons. The first-order valence-corrected chi connectivity index (χ1v) is 6.75. The lowest BCUT2D eigenvalue weighted by Gasteiger charge is -2.12. The molecule has 0 radical (unpaired) electrons. The van der Waals surface area contributed by atoms with Crippen molar-refractivity contribution in [3.8, 4) is 5.75 Å². The lowest BCUT2D eigenvalue weighted by Crippen LogP contribution is -2.10. The summed E-state index contributed by atoms with van der Waals surface area (Å²) >= 11 is 0. The minimum Gasteiger partial charge on any atom is -0.490 e. The van der Waals surface area contributed by atoms with Gasteiger partial charge >= 0.3 is 0 Å². The Morgan fingerprint density at radius 1 is 1.41 bits per heavy atom. The molecule has 0 aliphatic carbocycles. The Bertz CT molecular complexity index is 375. The van der Waals surface area contributed by atoms with Crippen molar-refractivity contribution >= 4 is 0 Å². The molecular formula is C15H23NO. The van der Waals surface area contributed by atoms with E-state index in [-0.39, 0.29) is 6.04 Å². The minimum absolute atomic E-state index is 0.183. The second kappa shape index (κ2) is 5.54. The maximum absolute atomic E-state index is 6.22. The van der Waals surface area contributed by atoms with Crippen LogP contribution in [0, 0.1) is 0 Å². The topological polar surface area (TPSA) is 35.2 Å². The number of rotatable bonds is 5. The molecule has 0 saturated carbocycles. The smallest absolute Gasteiger partial charge is 0.123 e. The van der Waals surface area contributed by atoms with Crippen LogP contribution in [0.2, 0.25) is 0 Å². The zero-order valence-corrected chi connectivity index (χ0v) is 10.9. The maximum Gasteiger partial charge on any atom is 0.123 e. The number of nitrogens with two attached hydrogens (primary N) is 1. The van der Waals surface area contributed by atoms with E-state index in [1.807, 2.05) is 0 Å². The average molecular weight is 233 g/mol. The Balaban J connectivity index is 2.00. The van der Waals surface area contributed by atoms with E-state index in [4.69, 9.17) is 10.5 Å². The van der Waals surface area contributed by atoms with Crippen LogP contribution in [0.1, 0.15) is 56.7 Å². The fourth-order valence-corrected chi connectivity index (χ4v) is 2.45. The molecule has 0 fully saturated rings. The summed E-state index contributed by atoms with van der Waals surface area (Å²) in [7, 11) is 0. The van der Waals surface area contributed by atoms with Gasteiger partial charge in [0.1, 0.15) is 11.9 Å². The molecule has 1 aromatic rings. The summed E-state index contributed by atoms with van der Waals surface area (Å²) in [5.41, 5.74) is 8.81. The van der Waals surface area contributed by atoms with Crippen molar-refractivity contribution in [3.05, 3.63) is 29.3 Å². The summed E-state index contributed by atoms with van der Waals surface area (Å²) in [6.45, 7) is 4.33. The quantitative estimate of drug-likeness (QED) is 0.789. The molecule has 2 nitrogen and oxygen atoms in total. The highest BCUT2D eigenvalue weighted by molar-refractivity contribution is 5.41. The number of hydrogen-bond donors (Lipinski definition) is 1. The van der Waals surface area contributed by atoms with Crippen molar-refractivity contribution in [2.24, 2.45) is 5.73 Å². The zero-order chi connectivity index (χ0) is 12.3. The lowest BCUT2D eigenvalue weighted by atomic mass is 9.98. The fourth-order valence-electron chi connectivity index (χ4n) is 2.45. The van der Waals surface area contributed by atoms with Crippen molar-refractivity contribution in [2.75, 3.05) is 0 Å². The van der Waals surface area contributed by atoms with Gasteiger partial charge in [0.2, 0.25) is 0 Å². The average Bonchev–Trinajstić information content (AvgIpc) is 2.68. The van der Waals surface area contributed by atoms with Crippen LogP contribution in [0.25, 0.3) is 0 Å². The van der Waals surface area contributed by atoms with E-state index in [1.54, 1.807) is 0 Å². The van der Waals surface area contributed by atoms with Gasteiger partial charge in [-0.1, -0.05) is 38.3 Å². The summed E-state index contributed by atoms with van der Waals surface area (Å²) < 4.78 is 5.70. The molecule has 0 saturated heterocycles. The number of hydrogen-bond acceptors (Lipinski definition) is 2. The second-order valence-corrected chi connectivity index (χ2v) is 5.10. The maximum atomic E-state index is 6.22. The Morgan fingerprint density at radius 2 is 2.24 bits per heavy atom. The monoisotopic (exact) mass is 233 g/mol. The Hall–Kier alpha value is -1.02. The summed E-state index contributed by atoms with van der Waals surface area (Å²) in [4.78, 5) is 0. The summed E-state index contributed by atoms with van der Waals surface area (Å²) in [6.07, 6.45) is 6.17.